The maximum Gasteiger partial charge on any atom is 0.255 e. The van der Waals surface area contributed by atoms with E-state index in [9.17, 15) is 13.2 Å². The third kappa shape index (κ3) is 4.46. The summed E-state index contributed by atoms with van der Waals surface area (Å²) in [4.78, 5) is 15.2. The minimum atomic E-state index is -3.44. The first kappa shape index (κ1) is 19.9. The van der Waals surface area contributed by atoms with Gasteiger partial charge in [0.15, 0.2) is 0 Å². The molecule has 2 aliphatic rings. The van der Waals surface area contributed by atoms with Crippen LogP contribution in [0.5, 0.6) is 0 Å². The predicted molar refractivity (Wildman–Crippen MR) is 115 cm³/mol. The van der Waals surface area contributed by atoms with E-state index >= 15 is 0 Å². The van der Waals surface area contributed by atoms with Gasteiger partial charge in [-0.25, -0.2) is 8.42 Å². The topological polar surface area (TPSA) is 69.7 Å². The van der Waals surface area contributed by atoms with Gasteiger partial charge in [-0.3, -0.25) is 4.79 Å². The number of rotatable bonds is 5. The zero-order chi connectivity index (χ0) is 20.3. The van der Waals surface area contributed by atoms with Crippen molar-refractivity contribution in [2.75, 3.05) is 36.4 Å². The van der Waals surface area contributed by atoms with Crippen molar-refractivity contribution in [2.45, 2.75) is 37.0 Å². The van der Waals surface area contributed by atoms with Crippen molar-refractivity contribution in [1.82, 2.24) is 4.31 Å². The number of benzene rings is 2. The van der Waals surface area contributed by atoms with Crippen molar-refractivity contribution in [1.29, 1.82) is 0 Å². The first-order valence-corrected chi connectivity index (χ1v) is 11.7. The zero-order valence-corrected chi connectivity index (χ0v) is 17.3. The van der Waals surface area contributed by atoms with Crippen molar-refractivity contribution < 1.29 is 13.2 Å². The number of sulfonamides is 1. The maximum atomic E-state index is 12.6. The first-order valence-electron chi connectivity index (χ1n) is 10.3. The van der Waals surface area contributed by atoms with Gasteiger partial charge in [0, 0.05) is 43.1 Å². The van der Waals surface area contributed by atoms with Crippen LogP contribution in [0.3, 0.4) is 0 Å². The molecule has 29 heavy (non-hydrogen) atoms. The molecule has 2 aromatic rings. The van der Waals surface area contributed by atoms with Crippen LogP contribution in [0.2, 0.25) is 0 Å². The Balaban J connectivity index is 1.40. The lowest BCUT2D eigenvalue weighted by Gasteiger charge is -2.28. The highest BCUT2D eigenvalue weighted by molar-refractivity contribution is 7.89. The normalized spacial score (nSPS) is 18.0. The largest absolute Gasteiger partial charge is 0.372 e. The number of piperidine rings is 1. The Morgan fingerprint density at radius 1 is 0.759 bits per heavy atom. The van der Waals surface area contributed by atoms with E-state index in [0.717, 1.165) is 31.6 Å². The number of hydrogen-bond donors (Lipinski definition) is 1. The van der Waals surface area contributed by atoms with Gasteiger partial charge in [-0.1, -0.05) is 0 Å². The van der Waals surface area contributed by atoms with Crippen LogP contribution in [0, 0.1) is 0 Å². The zero-order valence-electron chi connectivity index (χ0n) is 16.5. The van der Waals surface area contributed by atoms with Crippen LogP contribution in [-0.4, -0.2) is 44.8 Å². The Kier molecular flexibility index (Phi) is 5.87. The molecule has 1 amide bonds. The Morgan fingerprint density at radius 2 is 1.34 bits per heavy atom. The van der Waals surface area contributed by atoms with Gasteiger partial charge in [-0.2, -0.15) is 4.31 Å². The highest BCUT2D eigenvalue weighted by Gasteiger charge is 2.27. The van der Waals surface area contributed by atoms with Gasteiger partial charge in [-0.05, 0) is 80.6 Å². The molecule has 0 atom stereocenters. The van der Waals surface area contributed by atoms with E-state index in [-0.39, 0.29) is 10.8 Å². The highest BCUT2D eigenvalue weighted by atomic mass is 32.2. The smallest absolute Gasteiger partial charge is 0.255 e. The summed E-state index contributed by atoms with van der Waals surface area (Å²) in [5.41, 5.74) is 2.31. The molecular weight excluding hydrogens is 386 g/mol. The molecular formula is C22H27N3O3S. The van der Waals surface area contributed by atoms with Crippen molar-refractivity contribution in [3.8, 4) is 0 Å². The summed E-state index contributed by atoms with van der Waals surface area (Å²) in [6, 6.07) is 14.1. The van der Waals surface area contributed by atoms with E-state index in [0.29, 0.717) is 24.3 Å². The Labute approximate surface area is 172 Å². The summed E-state index contributed by atoms with van der Waals surface area (Å²) in [5, 5.41) is 2.84. The summed E-state index contributed by atoms with van der Waals surface area (Å²) >= 11 is 0. The molecule has 0 unspecified atom stereocenters. The SMILES string of the molecule is O=C(Nc1ccc(S(=O)(=O)N2CCCC2)cc1)c1ccc(N2CCCCC2)cc1. The van der Waals surface area contributed by atoms with E-state index in [1.54, 1.807) is 24.3 Å². The molecule has 2 aromatic carbocycles. The maximum absolute atomic E-state index is 12.6. The molecule has 0 saturated carbocycles. The molecule has 0 spiro atoms. The molecule has 6 nitrogen and oxygen atoms in total. The quantitative estimate of drug-likeness (QED) is 0.811. The Morgan fingerprint density at radius 3 is 1.97 bits per heavy atom. The molecule has 0 aliphatic carbocycles. The van der Waals surface area contributed by atoms with Gasteiger partial charge < -0.3 is 10.2 Å². The molecule has 2 saturated heterocycles. The van der Waals surface area contributed by atoms with Gasteiger partial charge in [0.05, 0.1) is 4.90 Å². The van der Waals surface area contributed by atoms with Crippen LogP contribution in [0.1, 0.15) is 42.5 Å². The minimum absolute atomic E-state index is 0.203. The van der Waals surface area contributed by atoms with Gasteiger partial charge in [-0.15, -0.1) is 0 Å². The van der Waals surface area contributed by atoms with E-state index in [2.05, 4.69) is 10.2 Å². The first-order chi connectivity index (χ1) is 14.0. The van der Waals surface area contributed by atoms with Gasteiger partial charge in [0.2, 0.25) is 10.0 Å². The van der Waals surface area contributed by atoms with Crippen LogP contribution in [0.25, 0.3) is 0 Å². The molecule has 2 fully saturated rings. The lowest BCUT2D eigenvalue weighted by Crippen LogP contribution is -2.29. The van der Waals surface area contributed by atoms with E-state index in [1.807, 2.05) is 24.3 Å². The van der Waals surface area contributed by atoms with Crippen LogP contribution in [-0.2, 0) is 10.0 Å². The average Bonchev–Trinajstić information content (AvgIpc) is 3.31. The number of amides is 1. The summed E-state index contributed by atoms with van der Waals surface area (Å²) < 4.78 is 26.7. The molecule has 4 rings (SSSR count). The highest BCUT2D eigenvalue weighted by Crippen LogP contribution is 2.23. The molecule has 2 heterocycles. The standard InChI is InChI=1S/C22H27N3O3S/c26-22(18-6-10-20(11-7-18)24-14-2-1-3-15-24)23-19-8-12-21(13-9-19)29(27,28)25-16-4-5-17-25/h6-13H,1-5,14-17H2,(H,23,26). The fraction of sp³-hybridized carbons (Fsp3) is 0.409. The molecule has 0 aromatic heterocycles. The predicted octanol–water partition coefficient (Wildman–Crippen LogP) is 3.71. The van der Waals surface area contributed by atoms with Crippen LogP contribution >= 0.6 is 0 Å². The second kappa shape index (κ2) is 8.55. The van der Waals surface area contributed by atoms with E-state index < -0.39 is 10.0 Å². The number of carbonyl (C=O) groups is 1. The number of hydrogen-bond acceptors (Lipinski definition) is 4. The third-order valence-electron chi connectivity index (χ3n) is 5.67. The van der Waals surface area contributed by atoms with Crippen LogP contribution in [0.4, 0.5) is 11.4 Å². The van der Waals surface area contributed by atoms with E-state index in [1.165, 1.54) is 23.6 Å². The van der Waals surface area contributed by atoms with Crippen molar-refractivity contribution in [3.63, 3.8) is 0 Å². The fourth-order valence-corrected chi connectivity index (χ4v) is 5.48. The summed E-state index contributed by atoms with van der Waals surface area (Å²) in [7, 11) is -3.44. The van der Waals surface area contributed by atoms with E-state index in [4.69, 9.17) is 0 Å². The van der Waals surface area contributed by atoms with Gasteiger partial charge in [0.25, 0.3) is 5.91 Å². The molecule has 0 radical (unpaired) electrons. The average molecular weight is 414 g/mol. The molecule has 7 heteroatoms. The van der Waals surface area contributed by atoms with Crippen molar-refractivity contribution >= 4 is 27.3 Å². The van der Waals surface area contributed by atoms with Crippen LogP contribution in [0.15, 0.2) is 53.4 Å². The molecule has 2 aliphatic heterocycles. The van der Waals surface area contributed by atoms with Gasteiger partial charge in [0.1, 0.15) is 0 Å². The summed E-state index contributed by atoms with van der Waals surface area (Å²) in [5.74, 6) is -0.203. The molecule has 1 N–H and O–H groups in total. The monoisotopic (exact) mass is 413 g/mol. The second-order valence-electron chi connectivity index (χ2n) is 7.68. The third-order valence-corrected chi connectivity index (χ3v) is 7.58. The van der Waals surface area contributed by atoms with Crippen molar-refractivity contribution in [2.24, 2.45) is 0 Å². The van der Waals surface area contributed by atoms with Gasteiger partial charge >= 0.3 is 0 Å². The molecule has 0 bridgehead atoms. The second-order valence-corrected chi connectivity index (χ2v) is 9.62. The number of anilines is 2. The number of nitrogens with zero attached hydrogens (tertiary/aromatic N) is 2. The summed E-state index contributed by atoms with van der Waals surface area (Å²) in [6.07, 6.45) is 5.53. The number of nitrogens with one attached hydrogen (secondary N) is 1. The minimum Gasteiger partial charge on any atom is -0.372 e. The Bertz CT molecular complexity index is 944. The molecule has 154 valence electrons. The number of carbonyl (C=O) groups excluding carboxylic acids is 1. The van der Waals surface area contributed by atoms with Crippen LogP contribution < -0.4 is 10.2 Å². The lowest BCUT2D eigenvalue weighted by molar-refractivity contribution is 0.102. The fourth-order valence-electron chi connectivity index (χ4n) is 3.97. The lowest BCUT2D eigenvalue weighted by atomic mass is 10.1. The Hall–Kier alpha value is -2.38. The van der Waals surface area contributed by atoms with Crippen molar-refractivity contribution in [3.05, 3.63) is 54.1 Å². The summed E-state index contributed by atoms with van der Waals surface area (Å²) in [6.45, 7) is 3.29.